The minimum Gasteiger partial charge on any atom is -0.394 e. The normalized spacial score (nSPS) is 10.9. The van der Waals surface area contributed by atoms with Crippen LogP contribution >= 0.6 is 0 Å². The lowest BCUT2D eigenvalue weighted by molar-refractivity contribution is -0.123. The van der Waals surface area contributed by atoms with Crippen LogP contribution in [0.15, 0.2) is 0 Å². The molecule has 16 heavy (non-hydrogen) atoms. The van der Waals surface area contributed by atoms with Gasteiger partial charge in [0.15, 0.2) is 0 Å². The van der Waals surface area contributed by atoms with E-state index in [9.17, 15) is 15.0 Å². The maximum atomic E-state index is 11.3. The molecule has 0 radical (unpaired) electrons. The first kappa shape index (κ1) is 14.9. The Hall–Kier alpha value is -1.12. The SMILES string of the molecule is CCCCCC(CO)(CO)NC(=O)CC#N. The highest BCUT2D eigenvalue weighted by atomic mass is 16.3. The fraction of sp³-hybridized carbons (Fsp3) is 0.818. The van der Waals surface area contributed by atoms with E-state index in [4.69, 9.17) is 5.26 Å². The van der Waals surface area contributed by atoms with E-state index in [-0.39, 0.29) is 19.6 Å². The monoisotopic (exact) mass is 228 g/mol. The number of hydrogen-bond acceptors (Lipinski definition) is 4. The molecule has 0 saturated carbocycles. The number of carbonyl (C=O) groups is 1. The summed E-state index contributed by atoms with van der Waals surface area (Å²) in [4.78, 5) is 11.3. The quantitative estimate of drug-likeness (QED) is 0.521. The summed E-state index contributed by atoms with van der Waals surface area (Å²) in [5, 5.41) is 29.4. The number of nitrogens with one attached hydrogen (secondary N) is 1. The molecule has 0 spiro atoms. The number of aliphatic hydroxyl groups excluding tert-OH is 2. The Morgan fingerprint density at radius 2 is 2.00 bits per heavy atom. The van der Waals surface area contributed by atoms with E-state index in [1.54, 1.807) is 6.07 Å². The van der Waals surface area contributed by atoms with Crippen LogP contribution in [0.4, 0.5) is 0 Å². The summed E-state index contributed by atoms with van der Waals surface area (Å²) in [5.41, 5.74) is -0.983. The number of amides is 1. The molecule has 0 aliphatic carbocycles. The molecule has 0 heterocycles. The third-order valence-electron chi connectivity index (χ3n) is 2.51. The number of nitriles is 1. The van der Waals surface area contributed by atoms with Crippen molar-refractivity contribution in [2.24, 2.45) is 0 Å². The lowest BCUT2D eigenvalue weighted by Crippen LogP contribution is -2.54. The van der Waals surface area contributed by atoms with Crippen LogP contribution in [0.2, 0.25) is 0 Å². The molecule has 1 amide bonds. The Kier molecular flexibility index (Phi) is 7.52. The van der Waals surface area contributed by atoms with Crippen molar-refractivity contribution in [2.75, 3.05) is 13.2 Å². The van der Waals surface area contributed by atoms with Crippen molar-refractivity contribution in [1.29, 1.82) is 5.26 Å². The van der Waals surface area contributed by atoms with Crippen LogP contribution in [0.1, 0.15) is 39.0 Å². The van der Waals surface area contributed by atoms with Gasteiger partial charge in [0.25, 0.3) is 0 Å². The molecule has 3 N–H and O–H groups in total. The number of unbranched alkanes of at least 4 members (excludes halogenated alkanes) is 2. The van der Waals surface area contributed by atoms with Gasteiger partial charge in [-0.25, -0.2) is 0 Å². The maximum absolute atomic E-state index is 11.3. The predicted molar refractivity (Wildman–Crippen MR) is 59.4 cm³/mol. The molecule has 0 bridgehead atoms. The zero-order valence-corrected chi connectivity index (χ0v) is 9.70. The van der Waals surface area contributed by atoms with Crippen molar-refractivity contribution < 1.29 is 15.0 Å². The third-order valence-corrected chi connectivity index (χ3v) is 2.51. The average molecular weight is 228 g/mol. The Morgan fingerprint density at radius 3 is 2.44 bits per heavy atom. The van der Waals surface area contributed by atoms with Gasteiger partial charge in [0.2, 0.25) is 5.91 Å². The van der Waals surface area contributed by atoms with Gasteiger partial charge in [0.05, 0.1) is 24.8 Å². The highest BCUT2D eigenvalue weighted by Gasteiger charge is 2.29. The fourth-order valence-electron chi connectivity index (χ4n) is 1.47. The van der Waals surface area contributed by atoms with Gasteiger partial charge in [-0.2, -0.15) is 5.26 Å². The first-order valence-corrected chi connectivity index (χ1v) is 5.54. The lowest BCUT2D eigenvalue weighted by Gasteiger charge is -2.30. The van der Waals surface area contributed by atoms with Gasteiger partial charge in [-0.05, 0) is 6.42 Å². The molecule has 0 aliphatic rings. The van der Waals surface area contributed by atoms with Crippen LogP contribution in [0.25, 0.3) is 0 Å². The number of rotatable bonds is 8. The van der Waals surface area contributed by atoms with Crippen molar-refractivity contribution >= 4 is 5.91 Å². The van der Waals surface area contributed by atoms with Crippen molar-refractivity contribution in [1.82, 2.24) is 5.32 Å². The van der Waals surface area contributed by atoms with E-state index in [0.29, 0.717) is 6.42 Å². The summed E-state index contributed by atoms with van der Waals surface area (Å²) in [7, 11) is 0. The molecular formula is C11H20N2O3. The van der Waals surface area contributed by atoms with Crippen LogP contribution in [0, 0.1) is 11.3 Å². The molecule has 92 valence electrons. The minimum absolute atomic E-state index is 0.254. The van der Waals surface area contributed by atoms with Crippen LogP contribution in [-0.4, -0.2) is 34.9 Å². The van der Waals surface area contributed by atoms with Crippen LogP contribution < -0.4 is 5.32 Å². The smallest absolute Gasteiger partial charge is 0.234 e. The molecule has 0 saturated heterocycles. The highest BCUT2D eigenvalue weighted by Crippen LogP contribution is 2.14. The molecule has 0 aromatic carbocycles. The van der Waals surface area contributed by atoms with E-state index in [1.165, 1.54) is 0 Å². The van der Waals surface area contributed by atoms with Gasteiger partial charge in [0, 0.05) is 0 Å². The van der Waals surface area contributed by atoms with Crippen molar-refractivity contribution in [3.63, 3.8) is 0 Å². The van der Waals surface area contributed by atoms with Gasteiger partial charge in [0.1, 0.15) is 6.42 Å². The summed E-state index contributed by atoms with van der Waals surface area (Å²) in [6.07, 6.45) is 3.10. The summed E-state index contributed by atoms with van der Waals surface area (Å²) in [6.45, 7) is 1.42. The zero-order chi connectivity index (χ0) is 12.4. The molecular weight excluding hydrogens is 208 g/mol. The van der Waals surface area contributed by atoms with Crippen LogP contribution in [0.3, 0.4) is 0 Å². The summed E-state index contributed by atoms with van der Waals surface area (Å²) in [6, 6.07) is 1.73. The van der Waals surface area contributed by atoms with E-state index < -0.39 is 11.4 Å². The second-order valence-corrected chi connectivity index (χ2v) is 3.94. The maximum Gasteiger partial charge on any atom is 0.234 e. The highest BCUT2D eigenvalue weighted by molar-refractivity contribution is 5.78. The van der Waals surface area contributed by atoms with Crippen molar-refractivity contribution in [3.05, 3.63) is 0 Å². The molecule has 0 rings (SSSR count). The standard InChI is InChI=1S/C11H20N2O3/c1-2-3-4-6-11(8-14,9-15)13-10(16)5-7-12/h14-15H,2-6,8-9H2,1H3,(H,13,16). The molecule has 0 aliphatic heterocycles. The second-order valence-electron chi connectivity index (χ2n) is 3.94. The van der Waals surface area contributed by atoms with E-state index in [1.807, 2.05) is 6.92 Å². The minimum atomic E-state index is -0.983. The molecule has 0 aromatic rings. The Balaban J connectivity index is 4.31. The van der Waals surface area contributed by atoms with Crippen LogP contribution in [-0.2, 0) is 4.79 Å². The Morgan fingerprint density at radius 1 is 1.38 bits per heavy atom. The largest absolute Gasteiger partial charge is 0.394 e. The first-order chi connectivity index (χ1) is 7.64. The van der Waals surface area contributed by atoms with Gasteiger partial charge in [-0.1, -0.05) is 26.2 Å². The first-order valence-electron chi connectivity index (χ1n) is 5.54. The molecule has 0 aromatic heterocycles. The lowest BCUT2D eigenvalue weighted by atomic mass is 9.93. The van der Waals surface area contributed by atoms with Gasteiger partial charge in [-0.15, -0.1) is 0 Å². The number of hydrogen-bond donors (Lipinski definition) is 3. The third kappa shape index (κ3) is 5.10. The molecule has 5 nitrogen and oxygen atoms in total. The van der Waals surface area contributed by atoms with E-state index in [0.717, 1.165) is 19.3 Å². The Labute approximate surface area is 96.1 Å². The number of nitrogens with zero attached hydrogens (tertiary/aromatic N) is 1. The van der Waals surface area contributed by atoms with Gasteiger partial charge in [-0.3, -0.25) is 4.79 Å². The number of aliphatic hydroxyl groups is 2. The number of carbonyl (C=O) groups excluding carboxylic acids is 1. The van der Waals surface area contributed by atoms with Gasteiger partial charge >= 0.3 is 0 Å². The Bertz CT molecular complexity index is 244. The van der Waals surface area contributed by atoms with E-state index in [2.05, 4.69) is 5.32 Å². The van der Waals surface area contributed by atoms with Crippen LogP contribution in [0.5, 0.6) is 0 Å². The molecule has 0 fully saturated rings. The topological polar surface area (TPSA) is 93.3 Å². The van der Waals surface area contributed by atoms with E-state index >= 15 is 0 Å². The van der Waals surface area contributed by atoms with Crippen molar-refractivity contribution in [2.45, 2.75) is 44.6 Å². The van der Waals surface area contributed by atoms with Gasteiger partial charge < -0.3 is 15.5 Å². The predicted octanol–water partition coefficient (Wildman–Crippen LogP) is 0.320. The summed E-state index contributed by atoms with van der Waals surface area (Å²) < 4.78 is 0. The van der Waals surface area contributed by atoms with Crippen molar-refractivity contribution in [3.8, 4) is 6.07 Å². The second kappa shape index (κ2) is 8.08. The summed E-state index contributed by atoms with van der Waals surface area (Å²) in [5.74, 6) is -0.456. The molecule has 0 atom stereocenters. The molecule has 0 unspecified atom stereocenters. The zero-order valence-electron chi connectivity index (χ0n) is 9.70. The average Bonchev–Trinajstić information content (AvgIpc) is 2.28. The molecule has 5 heteroatoms. The summed E-state index contributed by atoms with van der Waals surface area (Å²) >= 11 is 0. The fourth-order valence-corrected chi connectivity index (χ4v) is 1.47.